The van der Waals surface area contributed by atoms with E-state index in [0.717, 1.165) is 47.4 Å². The number of carbonyl (C=O) groups is 2. The normalized spacial score (nSPS) is 15.5. The van der Waals surface area contributed by atoms with Gasteiger partial charge in [0.25, 0.3) is 0 Å². The van der Waals surface area contributed by atoms with Gasteiger partial charge in [0.15, 0.2) is 0 Å². The molecule has 1 aromatic carbocycles. The number of amides is 2. The minimum absolute atomic E-state index is 0.173. The molecule has 8 nitrogen and oxygen atoms in total. The van der Waals surface area contributed by atoms with Crippen molar-refractivity contribution in [1.82, 2.24) is 15.3 Å². The topological polar surface area (TPSA) is 96.5 Å². The number of anilines is 2. The van der Waals surface area contributed by atoms with E-state index in [1.54, 1.807) is 12.3 Å². The smallest absolute Gasteiger partial charge is 0.408 e. The van der Waals surface area contributed by atoms with Crippen LogP contribution in [0, 0.1) is 6.92 Å². The SMILES string of the molecule is Cc1nc(N2CCC(C)(NC(=O)OC(C)(C)C)CC2)cnc1Sc1cccc(NC(=O)CBr)c1Cl. The van der Waals surface area contributed by atoms with E-state index in [1.807, 2.05) is 46.8 Å². The summed E-state index contributed by atoms with van der Waals surface area (Å²) in [6, 6.07) is 5.48. The molecule has 1 aliphatic rings. The molecule has 2 aromatic rings. The fourth-order valence-corrected chi connectivity index (χ4v) is 4.87. The zero-order valence-electron chi connectivity index (χ0n) is 20.6. The van der Waals surface area contributed by atoms with Crippen LogP contribution in [0.25, 0.3) is 0 Å². The minimum Gasteiger partial charge on any atom is -0.444 e. The van der Waals surface area contributed by atoms with Crippen LogP contribution < -0.4 is 15.5 Å². The number of hydrogen-bond acceptors (Lipinski definition) is 7. The molecule has 1 aliphatic heterocycles. The second-order valence-electron chi connectivity index (χ2n) is 9.69. The van der Waals surface area contributed by atoms with Gasteiger partial charge in [-0.25, -0.2) is 14.8 Å². The van der Waals surface area contributed by atoms with Gasteiger partial charge in [-0.05, 0) is 59.6 Å². The van der Waals surface area contributed by atoms with Crippen LogP contribution in [0.1, 0.15) is 46.2 Å². The van der Waals surface area contributed by atoms with Crippen molar-refractivity contribution in [1.29, 1.82) is 0 Å². The molecule has 1 fully saturated rings. The molecule has 1 aromatic heterocycles. The first-order chi connectivity index (χ1) is 16.4. The maximum atomic E-state index is 12.2. The Labute approximate surface area is 224 Å². The Morgan fingerprint density at radius 1 is 1.29 bits per heavy atom. The molecule has 0 unspecified atom stereocenters. The molecule has 35 heavy (non-hydrogen) atoms. The van der Waals surface area contributed by atoms with Crippen LogP contribution in [0.3, 0.4) is 0 Å². The number of rotatable bonds is 6. The first-order valence-electron chi connectivity index (χ1n) is 11.3. The van der Waals surface area contributed by atoms with E-state index in [9.17, 15) is 9.59 Å². The molecule has 0 aliphatic carbocycles. The predicted molar refractivity (Wildman–Crippen MR) is 144 cm³/mol. The van der Waals surface area contributed by atoms with Crippen molar-refractivity contribution < 1.29 is 14.3 Å². The number of aromatic nitrogens is 2. The molecule has 0 atom stereocenters. The van der Waals surface area contributed by atoms with Crippen LogP contribution in [0.2, 0.25) is 5.02 Å². The van der Waals surface area contributed by atoms with Gasteiger partial charge >= 0.3 is 6.09 Å². The number of piperidine rings is 1. The molecule has 2 N–H and O–H groups in total. The zero-order valence-corrected chi connectivity index (χ0v) is 23.7. The standard InChI is InChI=1S/C24H31BrClN5O3S/c1-15-21(35-17-8-6-7-16(20(17)26)29-19(32)13-25)27-14-18(28-15)31-11-9-24(5,10-12-31)30-22(33)34-23(2,3)4/h6-8,14H,9-13H2,1-5H3,(H,29,32)(H,30,33). The molecule has 11 heteroatoms. The number of benzene rings is 1. The maximum absolute atomic E-state index is 12.2. The highest BCUT2D eigenvalue weighted by atomic mass is 79.9. The Hall–Kier alpha value is -2.04. The van der Waals surface area contributed by atoms with E-state index in [0.29, 0.717) is 10.7 Å². The van der Waals surface area contributed by atoms with E-state index in [-0.39, 0.29) is 22.9 Å². The number of alkyl halides is 1. The van der Waals surface area contributed by atoms with E-state index < -0.39 is 5.60 Å². The highest BCUT2D eigenvalue weighted by molar-refractivity contribution is 9.09. The quantitative estimate of drug-likeness (QED) is 0.414. The van der Waals surface area contributed by atoms with Gasteiger partial charge in [0.1, 0.15) is 16.4 Å². The molecular weight excluding hydrogens is 554 g/mol. The van der Waals surface area contributed by atoms with Crippen LogP contribution in [0.5, 0.6) is 0 Å². The molecule has 0 saturated carbocycles. The molecule has 0 spiro atoms. The summed E-state index contributed by atoms with van der Waals surface area (Å²) in [5.74, 6) is 0.629. The molecule has 190 valence electrons. The minimum atomic E-state index is -0.527. The van der Waals surface area contributed by atoms with Crippen molar-refractivity contribution in [3.63, 3.8) is 0 Å². The van der Waals surface area contributed by atoms with Gasteiger partial charge in [0.05, 0.1) is 27.9 Å². The van der Waals surface area contributed by atoms with Crippen LogP contribution in [-0.4, -0.2) is 51.5 Å². The Bertz CT molecular complexity index is 1090. The molecule has 1 saturated heterocycles. The van der Waals surface area contributed by atoms with Gasteiger partial charge in [0.2, 0.25) is 5.91 Å². The first-order valence-corrected chi connectivity index (χ1v) is 13.6. The number of hydrogen-bond donors (Lipinski definition) is 2. The molecule has 2 amide bonds. The monoisotopic (exact) mass is 583 g/mol. The third kappa shape index (κ3) is 7.72. The third-order valence-corrected chi connectivity index (χ3v) is 7.63. The Morgan fingerprint density at radius 3 is 2.57 bits per heavy atom. The van der Waals surface area contributed by atoms with E-state index in [1.165, 1.54) is 11.8 Å². The second kappa shape index (κ2) is 11.3. The number of carbonyl (C=O) groups excluding carboxylic acids is 2. The summed E-state index contributed by atoms with van der Waals surface area (Å²) < 4.78 is 5.41. The van der Waals surface area contributed by atoms with Crippen LogP contribution in [-0.2, 0) is 9.53 Å². The van der Waals surface area contributed by atoms with E-state index in [2.05, 4.69) is 36.4 Å². The van der Waals surface area contributed by atoms with Gasteiger partial charge in [-0.1, -0.05) is 45.4 Å². The van der Waals surface area contributed by atoms with E-state index >= 15 is 0 Å². The molecule has 0 radical (unpaired) electrons. The molecule has 2 heterocycles. The van der Waals surface area contributed by atoms with Crippen molar-refractivity contribution >= 4 is 62.8 Å². The van der Waals surface area contributed by atoms with Gasteiger partial charge in [-0.3, -0.25) is 4.79 Å². The summed E-state index contributed by atoms with van der Waals surface area (Å²) in [6.45, 7) is 11.0. The third-order valence-electron chi connectivity index (χ3n) is 5.45. The summed E-state index contributed by atoms with van der Waals surface area (Å²) in [4.78, 5) is 36.3. The number of nitrogens with one attached hydrogen (secondary N) is 2. The largest absolute Gasteiger partial charge is 0.444 e. The zero-order chi connectivity index (χ0) is 25.8. The Kier molecular flexibility index (Phi) is 8.93. The average Bonchev–Trinajstić information content (AvgIpc) is 2.76. The van der Waals surface area contributed by atoms with Crippen molar-refractivity contribution in [3.8, 4) is 0 Å². The Balaban J connectivity index is 1.64. The second-order valence-corrected chi connectivity index (χ2v) is 11.7. The van der Waals surface area contributed by atoms with Gasteiger partial charge in [-0.2, -0.15) is 0 Å². The lowest BCUT2D eigenvalue weighted by Crippen LogP contribution is -2.54. The summed E-state index contributed by atoms with van der Waals surface area (Å²) in [7, 11) is 0. The van der Waals surface area contributed by atoms with Gasteiger partial charge < -0.3 is 20.3 Å². The summed E-state index contributed by atoms with van der Waals surface area (Å²) in [5.41, 5.74) is 0.489. The summed E-state index contributed by atoms with van der Waals surface area (Å²) >= 11 is 11.1. The van der Waals surface area contributed by atoms with Crippen molar-refractivity contribution in [2.24, 2.45) is 0 Å². The lowest BCUT2D eigenvalue weighted by Gasteiger charge is -2.40. The number of aryl methyl sites for hydroxylation is 1. The maximum Gasteiger partial charge on any atom is 0.408 e. The molecular formula is C24H31BrClN5O3S. The van der Waals surface area contributed by atoms with Crippen LogP contribution in [0.15, 0.2) is 34.3 Å². The Morgan fingerprint density at radius 2 is 1.97 bits per heavy atom. The lowest BCUT2D eigenvalue weighted by molar-refractivity contribution is -0.113. The highest BCUT2D eigenvalue weighted by Gasteiger charge is 2.33. The van der Waals surface area contributed by atoms with Gasteiger partial charge in [-0.15, -0.1) is 0 Å². The van der Waals surface area contributed by atoms with Crippen molar-refractivity contribution in [3.05, 3.63) is 35.1 Å². The summed E-state index contributed by atoms with van der Waals surface area (Å²) in [5, 5.41) is 7.20. The average molecular weight is 585 g/mol. The van der Waals surface area contributed by atoms with Crippen molar-refractivity contribution in [2.45, 2.75) is 68.5 Å². The fourth-order valence-electron chi connectivity index (χ4n) is 3.59. The molecule has 3 rings (SSSR count). The molecule has 0 bridgehead atoms. The van der Waals surface area contributed by atoms with Crippen LogP contribution in [0.4, 0.5) is 16.3 Å². The van der Waals surface area contributed by atoms with Crippen molar-refractivity contribution in [2.75, 3.05) is 28.6 Å². The number of nitrogens with zero attached hydrogens (tertiary/aromatic N) is 3. The highest BCUT2D eigenvalue weighted by Crippen LogP contribution is 2.38. The lowest BCUT2D eigenvalue weighted by atomic mass is 9.90. The number of alkyl carbamates (subject to hydrolysis) is 1. The number of halogens is 2. The van der Waals surface area contributed by atoms with Gasteiger partial charge in [0, 0.05) is 23.5 Å². The first kappa shape index (κ1) is 27.5. The van der Waals surface area contributed by atoms with E-state index in [4.69, 9.17) is 21.3 Å². The van der Waals surface area contributed by atoms with Crippen LogP contribution >= 0.6 is 39.3 Å². The number of ether oxygens (including phenoxy) is 1. The summed E-state index contributed by atoms with van der Waals surface area (Å²) in [6.07, 6.45) is 2.92. The fraction of sp³-hybridized carbons (Fsp3) is 0.500. The predicted octanol–water partition coefficient (Wildman–Crippen LogP) is 5.81.